The Kier molecular flexibility index (Phi) is 8.13. The zero-order valence-corrected chi connectivity index (χ0v) is 13.0. The average Bonchev–Trinajstić information content (AvgIpc) is 2.23. The van der Waals surface area contributed by atoms with Gasteiger partial charge >= 0.3 is 11.9 Å². The highest BCUT2D eigenvalue weighted by Gasteiger charge is 2.19. The second kappa shape index (κ2) is 8.73. The minimum atomic E-state index is -0.957. The van der Waals surface area contributed by atoms with E-state index in [2.05, 4.69) is 10.6 Å². The molecule has 0 unspecified atom stereocenters. The third-order valence-electron chi connectivity index (χ3n) is 2.48. The van der Waals surface area contributed by atoms with Crippen molar-refractivity contribution >= 4 is 29.3 Å². The summed E-state index contributed by atoms with van der Waals surface area (Å²) in [5, 5.41) is 23.7. The van der Waals surface area contributed by atoms with Gasteiger partial charge in [0.15, 0.2) is 5.11 Å². The highest BCUT2D eigenvalue weighted by atomic mass is 32.1. The van der Waals surface area contributed by atoms with Crippen LogP contribution in [0.3, 0.4) is 0 Å². The summed E-state index contributed by atoms with van der Waals surface area (Å²) in [6.07, 6.45) is 2.44. The Morgan fingerprint density at radius 1 is 1.15 bits per heavy atom. The van der Waals surface area contributed by atoms with Crippen LogP contribution in [0.1, 0.15) is 52.9 Å². The number of unbranched alkanes of at least 4 members (excludes halogenated alkanes) is 2. The molecule has 1 atom stereocenters. The van der Waals surface area contributed by atoms with Gasteiger partial charge in [0.05, 0.1) is 0 Å². The van der Waals surface area contributed by atoms with E-state index in [9.17, 15) is 9.59 Å². The topological polar surface area (TPSA) is 98.7 Å². The lowest BCUT2D eigenvalue weighted by molar-refractivity contribution is -0.139. The van der Waals surface area contributed by atoms with Gasteiger partial charge in [0.25, 0.3) is 0 Å². The van der Waals surface area contributed by atoms with Crippen LogP contribution in [0.2, 0.25) is 0 Å². The van der Waals surface area contributed by atoms with Gasteiger partial charge in [0.2, 0.25) is 0 Å². The van der Waals surface area contributed by atoms with E-state index in [1.165, 1.54) is 0 Å². The molecule has 20 heavy (non-hydrogen) atoms. The number of carboxylic acid groups (broad SMARTS) is 2. The van der Waals surface area contributed by atoms with Gasteiger partial charge in [-0.2, -0.15) is 0 Å². The van der Waals surface area contributed by atoms with Crippen LogP contribution in [0.4, 0.5) is 0 Å². The molecular formula is C13H24N2O4S. The molecule has 0 radical (unpaired) electrons. The van der Waals surface area contributed by atoms with Gasteiger partial charge in [-0.25, -0.2) is 4.79 Å². The molecule has 7 heteroatoms. The van der Waals surface area contributed by atoms with E-state index in [0.717, 1.165) is 0 Å². The van der Waals surface area contributed by atoms with Crippen LogP contribution in [0, 0.1) is 0 Å². The number of hydrogen-bond acceptors (Lipinski definition) is 3. The van der Waals surface area contributed by atoms with Crippen LogP contribution in [0.5, 0.6) is 0 Å². The molecule has 0 aromatic carbocycles. The molecule has 0 aliphatic rings. The number of carboxylic acids is 2. The molecule has 116 valence electrons. The maximum atomic E-state index is 11.1. The van der Waals surface area contributed by atoms with Gasteiger partial charge in [-0.15, -0.1) is 0 Å². The Morgan fingerprint density at radius 2 is 1.75 bits per heavy atom. The Balaban J connectivity index is 4.08. The number of rotatable bonds is 8. The van der Waals surface area contributed by atoms with E-state index >= 15 is 0 Å². The minimum absolute atomic E-state index is 0.120. The summed E-state index contributed by atoms with van der Waals surface area (Å²) in [5.41, 5.74) is -0.228. The van der Waals surface area contributed by atoms with Gasteiger partial charge in [0, 0.05) is 12.0 Å². The fraction of sp³-hybridized carbons (Fsp3) is 0.769. The molecule has 0 bridgehead atoms. The van der Waals surface area contributed by atoms with Crippen molar-refractivity contribution in [1.82, 2.24) is 10.6 Å². The van der Waals surface area contributed by atoms with Crippen LogP contribution >= 0.6 is 12.2 Å². The van der Waals surface area contributed by atoms with Crippen molar-refractivity contribution in [2.75, 3.05) is 0 Å². The number of carbonyl (C=O) groups is 2. The monoisotopic (exact) mass is 304 g/mol. The molecular weight excluding hydrogens is 280 g/mol. The lowest BCUT2D eigenvalue weighted by atomic mass is 10.1. The van der Waals surface area contributed by atoms with Crippen molar-refractivity contribution in [3.8, 4) is 0 Å². The van der Waals surface area contributed by atoms with E-state index in [4.69, 9.17) is 22.4 Å². The fourth-order valence-electron chi connectivity index (χ4n) is 1.59. The third-order valence-corrected chi connectivity index (χ3v) is 2.70. The van der Waals surface area contributed by atoms with E-state index < -0.39 is 18.0 Å². The van der Waals surface area contributed by atoms with Crippen LogP contribution in [-0.2, 0) is 9.59 Å². The largest absolute Gasteiger partial charge is 0.481 e. The highest BCUT2D eigenvalue weighted by Crippen LogP contribution is 2.07. The molecule has 0 aromatic heterocycles. The lowest BCUT2D eigenvalue weighted by Crippen LogP contribution is -2.51. The Bertz CT molecular complexity index is 353. The number of thiocarbonyl (C=S) groups is 1. The zero-order valence-electron chi connectivity index (χ0n) is 12.2. The first-order valence-corrected chi connectivity index (χ1v) is 7.06. The summed E-state index contributed by atoms with van der Waals surface area (Å²) in [6.45, 7) is 5.80. The van der Waals surface area contributed by atoms with Crippen molar-refractivity contribution < 1.29 is 19.8 Å². The van der Waals surface area contributed by atoms with Crippen LogP contribution in [0.15, 0.2) is 0 Å². The van der Waals surface area contributed by atoms with Crippen molar-refractivity contribution in [3.05, 3.63) is 0 Å². The van der Waals surface area contributed by atoms with Gasteiger partial charge < -0.3 is 20.8 Å². The summed E-state index contributed by atoms with van der Waals surface area (Å²) in [7, 11) is 0. The third kappa shape index (κ3) is 10.5. The lowest BCUT2D eigenvalue weighted by Gasteiger charge is -2.25. The molecule has 0 saturated heterocycles. The average molecular weight is 304 g/mol. The zero-order chi connectivity index (χ0) is 15.8. The fourth-order valence-corrected chi connectivity index (χ4v) is 2.04. The van der Waals surface area contributed by atoms with Gasteiger partial charge in [-0.05, 0) is 45.8 Å². The Labute approximate surface area is 124 Å². The molecule has 0 heterocycles. The summed E-state index contributed by atoms with van der Waals surface area (Å²) >= 11 is 5.07. The normalized spacial score (nSPS) is 12.6. The molecule has 0 aliphatic heterocycles. The van der Waals surface area contributed by atoms with E-state index in [1.807, 2.05) is 20.8 Å². The summed E-state index contributed by atoms with van der Waals surface area (Å²) < 4.78 is 0. The SMILES string of the molecule is CC(C)(C)NC(=S)N[C@@H](CCCCCC(=O)O)C(=O)O. The van der Waals surface area contributed by atoms with E-state index in [1.54, 1.807) is 0 Å². The van der Waals surface area contributed by atoms with E-state index in [0.29, 0.717) is 30.8 Å². The van der Waals surface area contributed by atoms with Crippen molar-refractivity contribution in [1.29, 1.82) is 0 Å². The minimum Gasteiger partial charge on any atom is -0.481 e. The van der Waals surface area contributed by atoms with Crippen LogP contribution in [-0.4, -0.2) is 38.8 Å². The van der Waals surface area contributed by atoms with E-state index in [-0.39, 0.29) is 12.0 Å². The number of aliphatic carboxylic acids is 2. The summed E-state index contributed by atoms with van der Waals surface area (Å²) in [6, 6.07) is -0.748. The summed E-state index contributed by atoms with van der Waals surface area (Å²) in [5.74, 6) is -1.78. The first-order chi connectivity index (χ1) is 9.11. The van der Waals surface area contributed by atoms with Crippen LogP contribution in [0.25, 0.3) is 0 Å². The highest BCUT2D eigenvalue weighted by molar-refractivity contribution is 7.80. The standard InChI is InChI=1S/C13H24N2O4S/c1-13(2,3)15-12(20)14-9(11(18)19)7-5-4-6-8-10(16)17/h9H,4-8H2,1-3H3,(H,16,17)(H,18,19)(H2,14,15,20)/t9-/m0/s1. The van der Waals surface area contributed by atoms with Gasteiger partial charge in [-0.1, -0.05) is 12.8 Å². The Hall–Kier alpha value is -1.37. The summed E-state index contributed by atoms with van der Waals surface area (Å²) in [4.78, 5) is 21.5. The molecule has 0 saturated carbocycles. The van der Waals surface area contributed by atoms with Crippen molar-refractivity contribution in [2.45, 2.75) is 64.5 Å². The molecule has 0 amide bonds. The first-order valence-electron chi connectivity index (χ1n) is 6.65. The van der Waals surface area contributed by atoms with Crippen LogP contribution < -0.4 is 10.6 Å². The number of nitrogens with one attached hydrogen (secondary N) is 2. The number of hydrogen-bond donors (Lipinski definition) is 4. The maximum absolute atomic E-state index is 11.1. The van der Waals surface area contributed by atoms with Gasteiger partial charge in [-0.3, -0.25) is 4.79 Å². The second-order valence-corrected chi connectivity index (χ2v) is 6.14. The van der Waals surface area contributed by atoms with Gasteiger partial charge in [0.1, 0.15) is 6.04 Å². The molecule has 6 nitrogen and oxygen atoms in total. The van der Waals surface area contributed by atoms with Crippen molar-refractivity contribution in [3.63, 3.8) is 0 Å². The molecule has 0 aliphatic carbocycles. The molecule has 0 fully saturated rings. The first kappa shape index (κ1) is 18.6. The molecule has 0 spiro atoms. The quantitative estimate of drug-likeness (QED) is 0.400. The maximum Gasteiger partial charge on any atom is 0.326 e. The molecule has 0 aromatic rings. The predicted molar refractivity (Wildman–Crippen MR) is 80.8 cm³/mol. The predicted octanol–water partition coefficient (Wildman–Crippen LogP) is 1.74. The Morgan fingerprint density at radius 3 is 2.20 bits per heavy atom. The van der Waals surface area contributed by atoms with Crippen molar-refractivity contribution in [2.24, 2.45) is 0 Å². The smallest absolute Gasteiger partial charge is 0.326 e. The second-order valence-electron chi connectivity index (χ2n) is 5.73. The molecule has 4 N–H and O–H groups in total. The molecule has 0 rings (SSSR count).